The van der Waals surface area contributed by atoms with E-state index in [4.69, 9.17) is 4.74 Å². The molecule has 2 aromatic rings. The molecule has 0 unspecified atom stereocenters. The number of hydrogen-bond donors (Lipinski definition) is 1. The van der Waals surface area contributed by atoms with Crippen molar-refractivity contribution in [1.29, 1.82) is 0 Å². The van der Waals surface area contributed by atoms with Gasteiger partial charge in [-0.15, -0.1) is 0 Å². The van der Waals surface area contributed by atoms with E-state index in [1.165, 1.54) is 30.5 Å². The number of benzene rings is 2. The summed E-state index contributed by atoms with van der Waals surface area (Å²) in [4.78, 5) is 0. The normalized spacial score (nSPS) is 15.9. The molecule has 0 spiro atoms. The second kappa shape index (κ2) is 6.72. The molecule has 1 fully saturated rings. The molecule has 0 aromatic heterocycles. The van der Waals surface area contributed by atoms with E-state index in [2.05, 4.69) is 17.4 Å². The van der Waals surface area contributed by atoms with Gasteiger partial charge in [-0.25, -0.2) is 4.39 Å². The molecule has 1 heterocycles. The van der Waals surface area contributed by atoms with Crippen LogP contribution in [0.2, 0.25) is 0 Å². The van der Waals surface area contributed by atoms with Crippen molar-refractivity contribution in [2.75, 3.05) is 13.1 Å². The Balaban J connectivity index is 1.59. The highest BCUT2D eigenvalue weighted by atomic mass is 19.1. The average Bonchev–Trinajstić information content (AvgIpc) is 2.54. The monoisotopic (exact) mass is 285 g/mol. The topological polar surface area (TPSA) is 21.3 Å². The molecule has 2 nitrogen and oxygen atoms in total. The van der Waals surface area contributed by atoms with E-state index in [1.807, 2.05) is 18.2 Å². The Kier molecular flexibility index (Phi) is 4.51. The van der Waals surface area contributed by atoms with Crippen LogP contribution in [0.15, 0.2) is 48.5 Å². The SMILES string of the molecule is Fc1cccc(COc2ccc(C3CCNCC3)cc2)c1. The fourth-order valence-electron chi connectivity index (χ4n) is 2.78. The van der Waals surface area contributed by atoms with Crippen molar-refractivity contribution in [3.05, 3.63) is 65.5 Å². The maximum atomic E-state index is 13.1. The Morgan fingerprint density at radius 1 is 1.05 bits per heavy atom. The van der Waals surface area contributed by atoms with E-state index < -0.39 is 0 Å². The number of rotatable bonds is 4. The Hall–Kier alpha value is -1.87. The van der Waals surface area contributed by atoms with Crippen molar-refractivity contribution in [2.45, 2.75) is 25.4 Å². The maximum Gasteiger partial charge on any atom is 0.123 e. The van der Waals surface area contributed by atoms with Crippen LogP contribution in [0.5, 0.6) is 5.75 Å². The van der Waals surface area contributed by atoms with E-state index in [-0.39, 0.29) is 5.82 Å². The first-order valence-corrected chi connectivity index (χ1v) is 7.49. The molecular weight excluding hydrogens is 265 g/mol. The summed E-state index contributed by atoms with van der Waals surface area (Å²) in [6, 6.07) is 14.8. The molecule has 0 amide bonds. The van der Waals surface area contributed by atoms with Crippen LogP contribution in [-0.2, 0) is 6.61 Å². The van der Waals surface area contributed by atoms with Gasteiger partial charge in [-0.05, 0) is 67.2 Å². The lowest BCUT2D eigenvalue weighted by Crippen LogP contribution is -2.26. The Morgan fingerprint density at radius 2 is 1.81 bits per heavy atom. The predicted molar refractivity (Wildman–Crippen MR) is 82.0 cm³/mol. The van der Waals surface area contributed by atoms with Crippen LogP contribution in [0, 0.1) is 5.82 Å². The Labute approximate surface area is 125 Å². The van der Waals surface area contributed by atoms with Crippen LogP contribution in [0.1, 0.15) is 29.9 Å². The predicted octanol–water partition coefficient (Wildman–Crippen LogP) is 3.87. The van der Waals surface area contributed by atoms with Gasteiger partial charge >= 0.3 is 0 Å². The number of piperidine rings is 1. The molecular formula is C18H20FNO. The van der Waals surface area contributed by atoms with Gasteiger partial charge in [0.25, 0.3) is 0 Å². The lowest BCUT2D eigenvalue weighted by atomic mass is 9.90. The molecule has 3 heteroatoms. The van der Waals surface area contributed by atoms with Crippen LogP contribution in [0.25, 0.3) is 0 Å². The maximum absolute atomic E-state index is 13.1. The second-order valence-electron chi connectivity index (χ2n) is 5.51. The molecule has 1 aliphatic heterocycles. The zero-order valence-electron chi connectivity index (χ0n) is 12.0. The van der Waals surface area contributed by atoms with E-state index in [1.54, 1.807) is 6.07 Å². The lowest BCUT2D eigenvalue weighted by Gasteiger charge is -2.23. The molecule has 2 aromatic carbocycles. The van der Waals surface area contributed by atoms with Crippen LogP contribution >= 0.6 is 0 Å². The first-order valence-electron chi connectivity index (χ1n) is 7.49. The van der Waals surface area contributed by atoms with Crippen molar-refractivity contribution in [1.82, 2.24) is 5.32 Å². The summed E-state index contributed by atoms with van der Waals surface area (Å²) in [5.74, 6) is 1.26. The molecule has 0 bridgehead atoms. The van der Waals surface area contributed by atoms with Crippen molar-refractivity contribution >= 4 is 0 Å². The number of ether oxygens (including phenoxy) is 1. The zero-order chi connectivity index (χ0) is 14.5. The van der Waals surface area contributed by atoms with E-state index in [0.29, 0.717) is 12.5 Å². The lowest BCUT2D eigenvalue weighted by molar-refractivity contribution is 0.305. The van der Waals surface area contributed by atoms with Gasteiger partial charge in [0.15, 0.2) is 0 Å². The summed E-state index contributed by atoms with van der Waals surface area (Å²) in [5, 5.41) is 3.38. The van der Waals surface area contributed by atoms with Gasteiger partial charge in [-0.1, -0.05) is 24.3 Å². The summed E-state index contributed by atoms with van der Waals surface area (Å²) < 4.78 is 18.8. The second-order valence-corrected chi connectivity index (χ2v) is 5.51. The minimum atomic E-state index is -0.225. The summed E-state index contributed by atoms with van der Waals surface area (Å²) >= 11 is 0. The summed E-state index contributed by atoms with van der Waals surface area (Å²) in [6.07, 6.45) is 2.40. The minimum Gasteiger partial charge on any atom is -0.489 e. The molecule has 1 saturated heterocycles. The van der Waals surface area contributed by atoms with Gasteiger partial charge in [0.05, 0.1) is 0 Å². The summed E-state index contributed by atoms with van der Waals surface area (Å²) in [6.45, 7) is 2.59. The molecule has 3 rings (SSSR count). The van der Waals surface area contributed by atoms with Gasteiger partial charge in [0.2, 0.25) is 0 Å². The molecule has 110 valence electrons. The van der Waals surface area contributed by atoms with Crippen molar-refractivity contribution in [2.24, 2.45) is 0 Å². The molecule has 21 heavy (non-hydrogen) atoms. The summed E-state index contributed by atoms with van der Waals surface area (Å²) in [7, 11) is 0. The largest absolute Gasteiger partial charge is 0.489 e. The smallest absolute Gasteiger partial charge is 0.123 e. The van der Waals surface area contributed by atoms with Crippen molar-refractivity contribution in [3.63, 3.8) is 0 Å². The van der Waals surface area contributed by atoms with Crippen molar-refractivity contribution in [3.8, 4) is 5.75 Å². The Morgan fingerprint density at radius 3 is 2.52 bits per heavy atom. The number of nitrogens with one attached hydrogen (secondary N) is 1. The molecule has 0 atom stereocenters. The number of hydrogen-bond acceptors (Lipinski definition) is 2. The summed E-state index contributed by atoms with van der Waals surface area (Å²) in [5.41, 5.74) is 2.23. The van der Waals surface area contributed by atoms with Crippen LogP contribution in [-0.4, -0.2) is 13.1 Å². The van der Waals surface area contributed by atoms with E-state index in [9.17, 15) is 4.39 Å². The molecule has 0 saturated carbocycles. The zero-order valence-corrected chi connectivity index (χ0v) is 12.0. The molecule has 0 radical (unpaired) electrons. The highest BCUT2D eigenvalue weighted by Crippen LogP contribution is 2.26. The van der Waals surface area contributed by atoms with E-state index >= 15 is 0 Å². The molecule has 1 N–H and O–H groups in total. The fourth-order valence-corrected chi connectivity index (χ4v) is 2.78. The van der Waals surface area contributed by atoms with Gasteiger partial charge < -0.3 is 10.1 Å². The standard InChI is InChI=1S/C18H20FNO/c19-17-3-1-2-14(12-17)13-21-18-6-4-15(5-7-18)16-8-10-20-11-9-16/h1-7,12,16,20H,8-11,13H2. The van der Waals surface area contributed by atoms with E-state index in [0.717, 1.165) is 24.4 Å². The third kappa shape index (κ3) is 3.82. The third-order valence-corrected chi connectivity index (χ3v) is 3.99. The van der Waals surface area contributed by atoms with Gasteiger partial charge in [-0.2, -0.15) is 0 Å². The fraction of sp³-hybridized carbons (Fsp3) is 0.333. The number of halogens is 1. The quantitative estimate of drug-likeness (QED) is 0.920. The van der Waals surface area contributed by atoms with Crippen LogP contribution in [0.3, 0.4) is 0 Å². The van der Waals surface area contributed by atoms with Gasteiger partial charge in [0, 0.05) is 0 Å². The van der Waals surface area contributed by atoms with Gasteiger partial charge in [0.1, 0.15) is 18.2 Å². The Bertz CT molecular complexity index is 576. The molecule has 1 aliphatic rings. The highest BCUT2D eigenvalue weighted by Gasteiger charge is 2.14. The third-order valence-electron chi connectivity index (χ3n) is 3.99. The van der Waals surface area contributed by atoms with Crippen LogP contribution < -0.4 is 10.1 Å². The molecule has 0 aliphatic carbocycles. The minimum absolute atomic E-state index is 0.225. The average molecular weight is 285 g/mol. The van der Waals surface area contributed by atoms with Crippen molar-refractivity contribution < 1.29 is 9.13 Å². The first kappa shape index (κ1) is 14.1. The highest BCUT2D eigenvalue weighted by molar-refractivity contribution is 5.30. The van der Waals surface area contributed by atoms with Gasteiger partial charge in [-0.3, -0.25) is 0 Å². The first-order chi connectivity index (χ1) is 10.3. The van der Waals surface area contributed by atoms with Crippen LogP contribution in [0.4, 0.5) is 4.39 Å².